The van der Waals surface area contributed by atoms with Gasteiger partial charge in [0.25, 0.3) is 0 Å². The van der Waals surface area contributed by atoms with E-state index in [0.717, 1.165) is 0 Å². The van der Waals surface area contributed by atoms with Gasteiger partial charge in [0, 0.05) is 20.7 Å². The van der Waals surface area contributed by atoms with Crippen LogP contribution in [0.1, 0.15) is 5.01 Å². The Morgan fingerprint density at radius 2 is 2.19 bits per heavy atom. The molecule has 21 heavy (non-hydrogen) atoms. The van der Waals surface area contributed by atoms with Crippen molar-refractivity contribution in [2.75, 3.05) is 38.8 Å². The summed E-state index contributed by atoms with van der Waals surface area (Å²) in [5.74, 6) is 0. The second-order valence-electron chi connectivity index (χ2n) is 4.38. The average Bonchev–Trinajstić information content (AvgIpc) is 2.96. The Morgan fingerprint density at radius 1 is 1.48 bits per heavy atom. The van der Waals surface area contributed by atoms with Crippen LogP contribution in [0.4, 0.5) is 23.1 Å². The molecule has 0 spiro atoms. The van der Waals surface area contributed by atoms with Crippen molar-refractivity contribution in [2.24, 2.45) is 0 Å². The number of carbonyl (C=O) groups is 1. The fourth-order valence-corrected chi connectivity index (χ4v) is 2.62. The van der Waals surface area contributed by atoms with Crippen molar-refractivity contribution >= 4 is 22.5 Å². The zero-order valence-electron chi connectivity index (χ0n) is 11.3. The number of anilines is 1. The van der Waals surface area contributed by atoms with E-state index in [0.29, 0.717) is 31.0 Å². The maximum Gasteiger partial charge on any atom is 0.445 e. The van der Waals surface area contributed by atoms with E-state index in [1.165, 1.54) is 16.9 Å². The monoisotopic (exact) mass is 325 g/mol. The van der Waals surface area contributed by atoms with Gasteiger partial charge in [0.05, 0.1) is 13.2 Å². The Labute approximate surface area is 122 Å². The third kappa shape index (κ3) is 3.41. The van der Waals surface area contributed by atoms with E-state index >= 15 is 0 Å². The summed E-state index contributed by atoms with van der Waals surface area (Å²) in [4.78, 5) is 14.6. The number of ether oxygens (including phenoxy) is 1. The molecule has 118 valence electrons. The topological polar surface area (TPSA) is 70.6 Å². The number of hydrogen-bond acceptors (Lipinski definition) is 6. The molecule has 7 nitrogen and oxygen atoms in total. The highest BCUT2D eigenvalue weighted by Gasteiger charge is 2.41. The highest BCUT2D eigenvalue weighted by Crippen LogP contribution is 2.35. The highest BCUT2D eigenvalue weighted by molar-refractivity contribution is 7.15. The number of hydrogen-bond donors (Lipinski definition) is 1. The summed E-state index contributed by atoms with van der Waals surface area (Å²) >= 11 is 0.346. The van der Waals surface area contributed by atoms with Crippen LogP contribution in [0.5, 0.6) is 0 Å². The number of alkyl halides is 3. The van der Waals surface area contributed by atoms with Crippen LogP contribution in [0.15, 0.2) is 0 Å². The van der Waals surface area contributed by atoms with E-state index in [-0.39, 0.29) is 5.13 Å². The fourth-order valence-electron chi connectivity index (χ4n) is 1.86. The molecule has 1 aliphatic heterocycles. The smallest absolute Gasteiger partial charge is 0.383 e. The molecule has 1 saturated heterocycles. The molecule has 11 heteroatoms. The first kappa shape index (κ1) is 15.9. The summed E-state index contributed by atoms with van der Waals surface area (Å²) in [6.07, 6.45) is -5.03. The first-order chi connectivity index (χ1) is 9.84. The Morgan fingerprint density at radius 3 is 2.76 bits per heavy atom. The van der Waals surface area contributed by atoms with Crippen LogP contribution in [-0.4, -0.2) is 61.1 Å². The van der Waals surface area contributed by atoms with Crippen LogP contribution in [0.3, 0.4) is 0 Å². The van der Waals surface area contributed by atoms with E-state index in [9.17, 15) is 18.0 Å². The molecule has 2 rings (SSSR count). The minimum atomic E-state index is -4.57. The van der Waals surface area contributed by atoms with E-state index in [1.807, 2.05) is 0 Å². The van der Waals surface area contributed by atoms with E-state index in [1.54, 1.807) is 7.05 Å². The molecular weight excluding hydrogens is 311 g/mol. The molecule has 1 aliphatic rings. The second-order valence-corrected chi connectivity index (χ2v) is 5.34. The second kappa shape index (κ2) is 6.12. The molecule has 0 bridgehead atoms. The third-order valence-electron chi connectivity index (χ3n) is 2.84. The number of methoxy groups -OCH3 is 1. The molecule has 0 aromatic carbocycles. The molecule has 1 N–H and O–H groups in total. The standard InChI is InChI=1S/C10H14F3N5O2S/c1-17-5-6(14-3-4-20-2)18(9(17)19)8-16-15-7(21-8)10(11,12)13/h6,14H,3-5H2,1-2H3. The van der Waals surface area contributed by atoms with Crippen molar-refractivity contribution in [3.63, 3.8) is 0 Å². The van der Waals surface area contributed by atoms with Gasteiger partial charge in [-0.05, 0) is 0 Å². The minimum absolute atomic E-state index is 0.0772. The van der Waals surface area contributed by atoms with Gasteiger partial charge < -0.3 is 9.64 Å². The number of aromatic nitrogens is 2. The zero-order chi connectivity index (χ0) is 15.6. The first-order valence-electron chi connectivity index (χ1n) is 6.02. The van der Waals surface area contributed by atoms with Crippen LogP contribution in [0.2, 0.25) is 0 Å². The molecule has 0 saturated carbocycles. The maximum absolute atomic E-state index is 12.6. The van der Waals surface area contributed by atoms with Crippen LogP contribution in [-0.2, 0) is 10.9 Å². The van der Waals surface area contributed by atoms with E-state index in [2.05, 4.69) is 15.5 Å². The van der Waals surface area contributed by atoms with Gasteiger partial charge in [-0.15, -0.1) is 10.2 Å². The van der Waals surface area contributed by atoms with Gasteiger partial charge in [0.1, 0.15) is 6.17 Å². The van der Waals surface area contributed by atoms with Gasteiger partial charge >= 0.3 is 12.2 Å². The first-order valence-corrected chi connectivity index (χ1v) is 6.83. The van der Waals surface area contributed by atoms with Gasteiger partial charge in [0.15, 0.2) is 0 Å². The predicted molar refractivity (Wildman–Crippen MR) is 69.1 cm³/mol. The highest BCUT2D eigenvalue weighted by atomic mass is 32.1. The lowest BCUT2D eigenvalue weighted by molar-refractivity contribution is -0.138. The molecule has 2 heterocycles. The van der Waals surface area contributed by atoms with Crippen LogP contribution in [0.25, 0.3) is 0 Å². The Kier molecular flexibility index (Phi) is 4.64. The molecule has 0 radical (unpaired) electrons. The summed E-state index contributed by atoms with van der Waals surface area (Å²) in [6, 6.07) is -0.421. The predicted octanol–water partition coefficient (Wildman–Crippen LogP) is 0.991. The Hall–Kier alpha value is -1.46. The van der Waals surface area contributed by atoms with Crippen molar-refractivity contribution in [1.29, 1.82) is 0 Å². The molecular formula is C10H14F3N5O2S. The van der Waals surface area contributed by atoms with Gasteiger partial charge in [0.2, 0.25) is 10.1 Å². The van der Waals surface area contributed by atoms with Gasteiger partial charge in [-0.25, -0.2) is 4.79 Å². The van der Waals surface area contributed by atoms with Gasteiger partial charge in [-0.1, -0.05) is 11.3 Å². The molecule has 1 aromatic rings. The molecule has 1 unspecified atom stereocenters. The van der Waals surface area contributed by atoms with Crippen molar-refractivity contribution in [3.8, 4) is 0 Å². The van der Waals surface area contributed by atoms with Crippen molar-refractivity contribution in [2.45, 2.75) is 12.3 Å². The lowest BCUT2D eigenvalue weighted by Crippen LogP contribution is -2.45. The third-order valence-corrected chi connectivity index (χ3v) is 3.81. The van der Waals surface area contributed by atoms with Crippen LogP contribution >= 0.6 is 11.3 Å². The number of rotatable bonds is 5. The SMILES string of the molecule is COCCNC1CN(C)C(=O)N1c1nnc(C(F)(F)F)s1. The summed E-state index contributed by atoms with van der Waals surface area (Å²) in [7, 11) is 3.10. The number of urea groups is 1. The number of carbonyl (C=O) groups excluding carboxylic acids is 1. The lowest BCUT2D eigenvalue weighted by Gasteiger charge is -2.20. The van der Waals surface area contributed by atoms with E-state index < -0.39 is 23.4 Å². The van der Waals surface area contributed by atoms with Gasteiger partial charge in [-0.2, -0.15) is 13.2 Å². The molecule has 1 fully saturated rings. The van der Waals surface area contributed by atoms with Crippen molar-refractivity contribution in [1.82, 2.24) is 20.4 Å². The number of likely N-dealkylation sites (N-methyl/N-ethyl adjacent to an activating group) is 1. The van der Waals surface area contributed by atoms with Crippen LogP contribution in [0, 0.1) is 0 Å². The van der Waals surface area contributed by atoms with Crippen molar-refractivity contribution in [3.05, 3.63) is 5.01 Å². The minimum Gasteiger partial charge on any atom is -0.383 e. The largest absolute Gasteiger partial charge is 0.445 e. The summed E-state index contributed by atoms with van der Waals surface area (Å²) in [5, 5.41) is 8.47. The fraction of sp³-hybridized carbons (Fsp3) is 0.700. The molecule has 0 aliphatic carbocycles. The van der Waals surface area contributed by atoms with Gasteiger partial charge in [-0.3, -0.25) is 10.2 Å². The van der Waals surface area contributed by atoms with Crippen molar-refractivity contribution < 1.29 is 22.7 Å². The zero-order valence-corrected chi connectivity index (χ0v) is 12.2. The number of halogens is 3. The molecule has 2 amide bonds. The summed E-state index contributed by atoms with van der Waals surface area (Å²) in [6.45, 7) is 1.22. The van der Waals surface area contributed by atoms with Crippen LogP contribution < -0.4 is 10.2 Å². The number of nitrogens with one attached hydrogen (secondary N) is 1. The number of nitrogens with zero attached hydrogens (tertiary/aromatic N) is 4. The molecule has 1 atom stereocenters. The normalized spacial score (nSPS) is 19.7. The molecule has 1 aromatic heterocycles. The average molecular weight is 325 g/mol. The number of amides is 2. The maximum atomic E-state index is 12.6. The summed E-state index contributed by atoms with van der Waals surface area (Å²) in [5.41, 5.74) is 0. The van der Waals surface area contributed by atoms with E-state index in [4.69, 9.17) is 4.74 Å². The lowest BCUT2D eigenvalue weighted by atomic mass is 10.4. The summed E-state index contributed by atoms with van der Waals surface area (Å²) < 4.78 is 42.6. The quantitative estimate of drug-likeness (QED) is 0.818. The Balaban J connectivity index is 2.17. The Bertz CT molecular complexity index is 509.